The molecule has 1 aromatic carbocycles. The first-order valence-electron chi connectivity index (χ1n) is 8.04. The van der Waals surface area contributed by atoms with Gasteiger partial charge < -0.3 is 19.5 Å². The van der Waals surface area contributed by atoms with Crippen LogP contribution in [0.4, 0.5) is 0 Å². The molecule has 1 aromatic heterocycles. The van der Waals surface area contributed by atoms with Gasteiger partial charge in [0.2, 0.25) is 11.8 Å². The Morgan fingerprint density at radius 2 is 2.00 bits per heavy atom. The first-order chi connectivity index (χ1) is 12.6. The number of morpholine rings is 1. The Hall–Kier alpha value is -2.52. The molecule has 0 spiro atoms. The number of methoxy groups -OCH3 is 1. The van der Waals surface area contributed by atoms with Crippen LogP contribution in [0.1, 0.15) is 0 Å². The van der Waals surface area contributed by atoms with Crippen LogP contribution in [0.5, 0.6) is 11.6 Å². The van der Waals surface area contributed by atoms with Crippen molar-refractivity contribution in [2.75, 3.05) is 39.2 Å². The summed E-state index contributed by atoms with van der Waals surface area (Å²) in [7, 11) is 1.56. The SMILES string of the molecule is COc1ccc(-n2c(SCC(=O)N3CCOCC3)nc(O)cc2=O)cc1. The van der Waals surface area contributed by atoms with E-state index in [1.54, 1.807) is 36.3 Å². The Bertz CT molecular complexity index is 831. The molecule has 0 bridgehead atoms. The number of hydrogen-bond acceptors (Lipinski definition) is 7. The number of ether oxygens (including phenoxy) is 2. The Balaban J connectivity index is 1.83. The number of hydrogen-bond donors (Lipinski definition) is 1. The summed E-state index contributed by atoms with van der Waals surface area (Å²) >= 11 is 1.11. The second-order valence-corrected chi connectivity index (χ2v) is 6.49. The summed E-state index contributed by atoms with van der Waals surface area (Å²) < 4.78 is 11.7. The number of rotatable bonds is 5. The molecule has 8 nitrogen and oxygen atoms in total. The van der Waals surface area contributed by atoms with Crippen molar-refractivity contribution in [3.63, 3.8) is 0 Å². The van der Waals surface area contributed by atoms with Crippen LogP contribution in [0, 0.1) is 0 Å². The Labute approximate surface area is 154 Å². The van der Waals surface area contributed by atoms with Crippen LogP contribution in [-0.4, -0.2) is 64.6 Å². The zero-order valence-corrected chi connectivity index (χ0v) is 15.1. The van der Waals surface area contributed by atoms with Gasteiger partial charge in [0.05, 0.1) is 37.8 Å². The third-order valence-corrected chi connectivity index (χ3v) is 4.82. The normalized spacial score (nSPS) is 14.3. The Kier molecular flexibility index (Phi) is 5.79. The van der Waals surface area contributed by atoms with Crippen molar-refractivity contribution in [1.82, 2.24) is 14.5 Å². The van der Waals surface area contributed by atoms with Crippen LogP contribution in [0.15, 0.2) is 40.3 Å². The van der Waals surface area contributed by atoms with Gasteiger partial charge in [0.25, 0.3) is 5.56 Å². The number of nitrogens with zero attached hydrogens (tertiary/aromatic N) is 3. The third-order valence-electron chi connectivity index (χ3n) is 3.89. The number of amides is 1. The van der Waals surface area contributed by atoms with Gasteiger partial charge in [-0.1, -0.05) is 11.8 Å². The first-order valence-corrected chi connectivity index (χ1v) is 9.03. The molecule has 0 aliphatic carbocycles. The summed E-state index contributed by atoms with van der Waals surface area (Å²) in [4.78, 5) is 30.4. The number of thioether (sulfide) groups is 1. The molecule has 0 atom stereocenters. The fourth-order valence-electron chi connectivity index (χ4n) is 2.55. The molecule has 1 N–H and O–H groups in total. The zero-order chi connectivity index (χ0) is 18.5. The van der Waals surface area contributed by atoms with Gasteiger partial charge in [-0.05, 0) is 24.3 Å². The second-order valence-electron chi connectivity index (χ2n) is 5.55. The maximum Gasteiger partial charge on any atom is 0.262 e. The number of aromatic nitrogens is 2. The quantitative estimate of drug-likeness (QED) is 0.611. The van der Waals surface area contributed by atoms with Crippen molar-refractivity contribution in [1.29, 1.82) is 0 Å². The van der Waals surface area contributed by atoms with E-state index >= 15 is 0 Å². The van der Waals surface area contributed by atoms with Gasteiger partial charge in [0, 0.05) is 13.1 Å². The highest BCUT2D eigenvalue weighted by atomic mass is 32.2. The van der Waals surface area contributed by atoms with Crippen molar-refractivity contribution in [3.8, 4) is 17.3 Å². The highest BCUT2D eigenvalue weighted by Crippen LogP contribution is 2.22. The summed E-state index contributed by atoms with van der Waals surface area (Å²) in [5.41, 5.74) is 0.147. The summed E-state index contributed by atoms with van der Waals surface area (Å²) in [6.07, 6.45) is 0. The van der Waals surface area contributed by atoms with Crippen LogP contribution in [0.3, 0.4) is 0 Å². The van der Waals surface area contributed by atoms with Gasteiger partial charge in [0.15, 0.2) is 5.16 Å². The van der Waals surface area contributed by atoms with E-state index in [4.69, 9.17) is 9.47 Å². The summed E-state index contributed by atoms with van der Waals surface area (Å²) in [6, 6.07) is 7.92. The number of carbonyl (C=O) groups excluding carboxylic acids is 1. The summed E-state index contributed by atoms with van der Waals surface area (Å²) in [5.74, 6) is 0.343. The fraction of sp³-hybridized carbons (Fsp3) is 0.353. The maximum absolute atomic E-state index is 12.4. The van der Waals surface area contributed by atoms with Crippen molar-refractivity contribution < 1.29 is 19.4 Å². The molecule has 26 heavy (non-hydrogen) atoms. The monoisotopic (exact) mass is 377 g/mol. The van der Waals surface area contributed by atoms with Crippen LogP contribution in [0.2, 0.25) is 0 Å². The molecule has 1 aliphatic rings. The third kappa shape index (κ3) is 4.17. The molecule has 2 aromatic rings. The van der Waals surface area contributed by atoms with E-state index in [9.17, 15) is 14.7 Å². The lowest BCUT2D eigenvalue weighted by Gasteiger charge is -2.26. The molecular formula is C17H19N3O5S. The molecular weight excluding hydrogens is 358 g/mol. The van der Waals surface area contributed by atoms with E-state index in [-0.39, 0.29) is 22.7 Å². The molecule has 0 unspecified atom stereocenters. The van der Waals surface area contributed by atoms with Crippen LogP contribution in [-0.2, 0) is 9.53 Å². The predicted octanol–water partition coefficient (Wildman–Crippen LogP) is 0.898. The number of benzene rings is 1. The molecule has 3 rings (SSSR count). The van der Waals surface area contributed by atoms with E-state index in [0.717, 1.165) is 17.8 Å². The standard InChI is InChI=1S/C17H19N3O5S/c1-24-13-4-2-12(3-5-13)20-15(22)10-14(21)18-17(20)26-11-16(23)19-6-8-25-9-7-19/h2-5,10,21H,6-9,11H2,1H3. The van der Waals surface area contributed by atoms with Gasteiger partial charge in [0.1, 0.15) is 5.75 Å². The summed E-state index contributed by atoms with van der Waals surface area (Å²) in [6.45, 7) is 2.16. The van der Waals surface area contributed by atoms with Crippen molar-refractivity contribution in [2.24, 2.45) is 0 Å². The number of aromatic hydroxyl groups is 1. The van der Waals surface area contributed by atoms with E-state index in [1.165, 1.54) is 4.57 Å². The molecule has 2 heterocycles. The lowest BCUT2D eigenvalue weighted by Crippen LogP contribution is -2.41. The molecule has 9 heteroatoms. The van der Waals surface area contributed by atoms with E-state index in [2.05, 4.69) is 4.98 Å². The van der Waals surface area contributed by atoms with E-state index in [1.807, 2.05) is 0 Å². The predicted molar refractivity (Wildman–Crippen MR) is 96.2 cm³/mol. The molecule has 1 aliphatic heterocycles. The van der Waals surface area contributed by atoms with E-state index < -0.39 is 5.56 Å². The van der Waals surface area contributed by atoms with Gasteiger partial charge in [-0.25, -0.2) is 0 Å². The van der Waals surface area contributed by atoms with Crippen molar-refractivity contribution in [3.05, 3.63) is 40.7 Å². The van der Waals surface area contributed by atoms with Crippen molar-refractivity contribution in [2.45, 2.75) is 5.16 Å². The lowest BCUT2D eigenvalue weighted by molar-refractivity contribution is -0.132. The number of carbonyl (C=O) groups is 1. The molecule has 1 amide bonds. The van der Waals surface area contributed by atoms with Crippen molar-refractivity contribution >= 4 is 17.7 Å². The lowest BCUT2D eigenvalue weighted by atomic mass is 10.3. The van der Waals surface area contributed by atoms with Gasteiger partial charge in [-0.2, -0.15) is 4.98 Å². The molecule has 1 fully saturated rings. The van der Waals surface area contributed by atoms with Crippen LogP contribution in [0.25, 0.3) is 5.69 Å². The minimum Gasteiger partial charge on any atom is -0.497 e. The van der Waals surface area contributed by atoms with Gasteiger partial charge in [-0.3, -0.25) is 14.2 Å². The zero-order valence-electron chi connectivity index (χ0n) is 14.3. The average Bonchev–Trinajstić information content (AvgIpc) is 2.66. The van der Waals surface area contributed by atoms with Gasteiger partial charge in [-0.15, -0.1) is 0 Å². The maximum atomic E-state index is 12.4. The topological polar surface area (TPSA) is 93.9 Å². The second kappa shape index (κ2) is 8.24. The van der Waals surface area contributed by atoms with Gasteiger partial charge >= 0.3 is 0 Å². The molecule has 0 saturated carbocycles. The summed E-state index contributed by atoms with van der Waals surface area (Å²) in [5, 5.41) is 9.94. The Morgan fingerprint density at radius 3 is 2.65 bits per heavy atom. The highest BCUT2D eigenvalue weighted by Gasteiger charge is 2.19. The smallest absolute Gasteiger partial charge is 0.262 e. The average molecular weight is 377 g/mol. The first kappa shape index (κ1) is 18.3. The largest absolute Gasteiger partial charge is 0.497 e. The van der Waals surface area contributed by atoms with Crippen LogP contribution < -0.4 is 10.3 Å². The molecule has 0 radical (unpaired) electrons. The van der Waals surface area contributed by atoms with E-state index in [0.29, 0.717) is 37.7 Å². The fourth-order valence-corrected chi connectivity index (χ4v) is 3.46. The van der Waals surface area contributed by atoms with Crippen LogP contribution >= 0.6 is 11.8 Å². The minimum absolute atomic E-state index is 0.0582. The molecule has 138 valence electrons. The Morgan fingerprint density at radius 1 is 1.31 bits per heavy atom. The minimum atomic E-state index is -0.427. The molecule has 1 saturated heterocycles. The highest BCUT2D eigenvalue weighted by molar-refractivity contribution is 7.99.